The molecule has 0 spiro atoms. The lowest BCUT2D eigenvalue weighted by Crippen LogP contribution is -2.03. The lowest BCUT2D eigenvalue weighted by Gasteiger charge is -2.18. The summed E-state index contributed by atoms with van der Waals surface area (Å²) in [6, 6.07) is 0. The van der Waals surface area contributed by atoms with E-state index in [1.165, 1.54) is 186 Å². The van der Waals surface area contributed by atoms with Gasteiger partial charge in [0.05, 0.1) is 0 Å². The van der Waals surface area contributed by atoms with Crippen LogP contribution >= 0.6 is 0 Å². The minimum absolute atomic E-state index is 0.953. The van der Waals surface area contributed by atoms with Gasteiger partial charge >= 0.3 is 0 Å². The van der Waals surface area contributed by atoms with Crippen molar-refractivity contribution in [2.75, 3.05) is 0 Å². The first kappa shape index (κ1) is 35.0. The summed E-state index contributed by atoms with van der Waals surface area (Å²) in [5.74, 6) is 1.96. The summed E-state index contributed by atoms with van der Waals surface area (Å²) in [7, 11) is 0. The van der Waals surface area contributed by atoms with E-state index in [4.69, 9.17) is 0 Å². The largest absolute Gasteiger partial charge is 0.0654 e. The van der Waals surface area contributed by atoms with E-state index in [-0.39, 0.29) is 0 Å². The number of rotatable bonds is 30. The first-order valence-corrected chi connectivity index (χ1v) is 17.2. The van der Waals surface area contributed by atoms with Crippen LogP contribution in [0.5, 0.6) is 0 Å². The molecule has 35 heavy (non-hydrogen) atoms. The van der Waals surface area contributed by atoms with Gasteiger partial charge in [0.25, 0.3) is 0 Å². The highest BCUT2D eigenvalue weighted by molar-refractivity contribution is 4.62. The predicted octanol–water partition coefficient (Wildman–Crippen LogP) is 13.6. The Morgan fingerprint density at radius 3 is 0.971 bits per heavy atom. The fourth-order valence-electron chi connectivity index (χ4n) is 5.82. The molecular weight excluding hydrogens is 420 g/mol. The van der Waals surface area contributed by atoms with Crippen molar-refractivity contribution in [3.63, 3.8) is 0 Å². The van der Waals surface area contributed by atoms with Crippen LogP contribution in [0.3, 0.4) is 0 Å². The second kappa shape index (κ2) is 30.2. The van der Waals surface area contributed by atoms with Crippen molar-refractivity contribution in [3.8, 4) is 0 Å². The van der Waals surface area contributed by atoms with Gasteiger partial charge in [0, 0.05) is 0 Å². The summed E-state index contributed by atoms with van der Waals surface area (Å²) >= 11 is 0. The van der Waals surface area contributed by atoms with Crippen LogP contribution < -0.4 is 0 Å². The molecule has 0 N–H and O–H groups in total. The fraction of sp³-hybridized carbons (Fsp3) is 1.00. The summed E-state index contributed by atoms with van der Waals surface area (Å²) in [6.45, 7) is 9.57. The molecule has 0 nitrogen and oxygen atoms in total. The van der Waals surface area contributed by atoms with E-state index < -0.39 is 0 Å². The first-order chi connectivity index (χ1) is 17.2. The third-order valence-corrected chi connectivity index (χ3v) is 8.66. The molecule has 0 heterocycles. The van der Waals surface area contributed by atoms with Gasteiger partial charge in [-0.15, -0.1) is 0 Å². The summed E-state index contributed by atoms with van der Waals surface area (Å²) in [6.07, 6.45) is 42.6. The van der Waals surface area contributed by atoms with E-state index in [9.17, 15) is 0 Å². The Balaban J connectivity index is 3.40. The molecule has 0 fully saturated rings. The Morgan fingerprint density at radius 2 is 0.629 bits per heavy atom. The zero-order valence-electron chi connectivity index (χ0n) is 25.7. The van der Waals surface area contributed by atoms with Gasteiger partial charge in [-0.3, -0.25) is 0 Å². The van der Waals surface area contributed by atoms with Gasteiger partial charge < -0.3 is 0 Å². The topological polar surface area (TPSA) is 0 Å². The van der Waals surface area contributed by atoms with Gasteiger partial charge in [0.15, 0.2) is 0 Å². The Hall–Kier alpha value is 0. The van der Waals surface area contributed by atoms with E-state index in [0.29, 0.717) is 0 Å². The van der Waals surface area contributed by atoms with Gasteiger partial charge in [-0.1, -0.05) is 214 Å². The Labute approximate surface area is 225 Å². The summed E-state index contributed by atoms with van der Waals surface area (Å²) in [5, 5.41) is 0. The molecule has 212 valence electrons. The minimum Gasteiger partial charge on any atom is -0.0654 e. The Morgan fingerprint density at radius 1 is 0.314 bits per heavy atom. The van der Waals surface area contributed by atoms with Crippen LogP contribution in [0.1, 0.15) is 214 Å². The van der Waals surface area contributed by atoms with E-state index in [0.717, 1.165) is 11.8 Å². The fourth-order valence-corrected chi connectivity index (χ4v) is 5.82. The second-order valence-electron chi connectivity index (χ2n) is 12.3. The predicted molar refractivity (Wildman–Crippen MR) is 164 cm³/mol. The average Bonchev–Trinajstić information content (AvgIpc) is 2.87. The van der Waals surface area contributed by atoms with Crippen LogP contribution in [0.4, 0.5) is 0 Å². The molecule has 2 unspecified atom stereocenters. The van der Waals surface area contributed by atoms with Crippen LogP contribution in [0.2, 0.25) is 0 Å². The van der Waals surface area contributed by atoms with Crippen molar-refractivity contribution >= 4 is 0 Å². The maximum Gasteiger partial charge on any atom is -0.0417 e. The molecule has 2 atom stereocenters. The third kappa shape index (κ3) is 28.4. The molecule has 0 aromatic heterocycles. The van der Waals surface area contributed by atoms with Crippen molar-refractivity contribution in [1.29, 1.82) is 0 Å². The van der Waals surface area contributed by atoms with Crippen molar-refractivity contribution < 1.29 is 0 Å². The minimum atomic E-state index is 0.953. The molecule has 0 aliphatic carbocycles. The van der Waals surface area contributed by atoms with Crippen molar-refractivity contribution in [1.82, 2.24) is 0 Å². The van der Waals surface area contributed by atoms with Gasteiger partial charge in [0.2, 0.25) is 0 Å². The highest BCUT2D eigenvalue weighted by Crippen LogP contribution is 2.25. The van der Waals surface area contributed by atoms with Gasteiger partial charge in [-0.25, -0.2) is 0 Å². The molecule has 0 aromatic rings. The van der Waals surface area contributed by atoms with Crippen molar-refractivity contribution in [2.45, 2.75) is 214 Å². The van der Waals surface area contributed by atoms with Crippen LogP contribution in [-0.2, 0) is 0 Å². The zero-order valence-corrected chi connectivity index (χ0v) is 25.7. The molecule has 0 bridgehead atoms. The monoisotopic (exact) mass is 493 g/mol. The van der Waals surface area contributed by atoms with E-state index in [1.807, 2.05) is 0 Å². The normalized spacial score (nSPS) is 13.4. The lowest BCUT2D eigenvalue weighted by molar-refractivity contribution is 0.352. The van der Waals surface area contributed by atoms with Gasteiger partial charge in [-0.05, 0) is 11.8 Å². The maximum atomic E-state index is 2.52. The van der Waals surface area contributed by atoms with Crippen molar-refractivity contribution in [2.24, 2.45) is 11.8 Å². The van der Waals surface area contributed by atoms with Crippen LogP contribution in [0, 0.1) is 11.8 Å². The second-order valence-corrected chi connectivity index (χ2v) is 12.3. The lowest BCUT2D eigenvalue weighted by atomic mass is 9.88. The van der Waals surface area contributed by atoms with Gasteiger partial charge in [-0.2, -0.15) is 0 Å². The third-order valence-electron chi connectivity index (χ3n) is 8.66. The van der Waals surface area contributed by atoms with Gasteiger partial charge in [0.1, 0.15) is 0 Å². The quantitative estimate of drug-likeness (QED) is 0.0874. The molecule has 0 saturated carbocycles. The smallest absolute Gasteiger partial charge is 0.0417 e. The number of unbranched alkanes of at least 4 members (excludes halogenated alkanes) is 22. The van der Waals surface area contributed by atoms with Crippen LogP contribution in [0.15, 0.2) is 0 Å². The number of hydrogen-bond donors (Lipinski definition) is 0. The molecule has 0 rings (SSSR count). The van der Waals surface area contributed by atoms with Crippen LogP contribution in [0.25, 0.3) is 0 Å². The number of hydrogen-bond acceptors (Lipinski definition) is 0. The summed E-state index contributed by atoms with van der Waals surface area (Å²) < 4.78 is 0. The average molecular weight is 493 g/mol. The standard InChI is InChI=1S/C35H72/c1-5-8-10-12-14-16-18-20-22-24-26-28-30-34(4)32-33-35(7-3)31-29-27-25-23-21-19-17-15-13-11-9-6-2/h34-35H,5-33H2,1-4H3. The van der Waals surface area contributed by atoms with Crippen molar-refractivity contribution in [3.05, 3.63) is 0 Å². The Kier molecular flexibility index (Phi) is 30.2. The van der Waals surface area contributed by atoms with E-state index in [2.05, 4.69) is 27.7 Å². The molecule has 0 radical (unpaired) electrons. The highest BCUT2D eigenvalue weighted by atomic mass is 14.2. The molecule has 0 aliphatic rings. The van der Waals surface area contributed by atoms with E-state index >= 15 is 0 Å². The van der Waals surface area contributed by atoms with E-state index in [1.54, 1.807) is 0 Å². The SMILES string of the molecule is CCCCCCCCCCCCCCC(C)CCC(CC)CCCCCCCCCCCCCC. The molecular formula is C35H72. The summed E-state index contributed by atoms with van der Waals surface area (Å²) in [4.78, 5) is 0. The molecule has 0 aliphatic heterocycles. The van der Waals surface area contributed by atoms with Crippen LogP contribution in [-0.4, -0.2) is 0 Å². The maximum absolute atomic E-state index is 2.52. The molecule has 0 amide bonds. The first-order valence-electron chi connectivity index (χ1n) is 17.2. The highest BCUT2D eigenvalue weighted by Gasteiger charge is 2.09. The zero-order chi connectivity index (χ0) is 25.7. The Bertz CT molecular complexity index is 359. The molecule has 0 heteroatoms. The molecule has 0 saturated heterocycles. The summed E-state index contributed by atoms with van der Waals surface area (Å²) in [5.41, 5.74) is 0. The molecule has 0 aromatic carbocycles.